The zero-order valence-corrected chi connectivity index (χ0v) is 7.98. The van der Waals surface area contributed by atoms with Crippen molar-refractivity contribution in [3.8, 4) is 0 Å². The van der Waals surface area contributed by atoms with Crippen LogP contribution in [0.15, 0.2) is 17.5 Å². The Morgan fingerprint density at radius 1 is 1.54 bits per heavy atom. The lowest BCUT2D eigenvalue weighted by Crippen LogP contribution is -2.31. The van der Waals surface area contributed by atoms with Gasteiger partial charge in [-0.3, -0.25) is 14.9 Å². The molecule has 1 N–H and O–H groups in total. The Balaban J connectivity index is 2.42. The van der Waals surface area contributed by atoms with E-state index >= 15 is 0 Å². The predicted molar refractivity (Wildman–Crippen MR) is 49.4 cm³/mol. The maximum Gasteiger partial charge on any atom is 0.238 e. The van der Waals surface area contributed by atoms with Crippen molar-refractivity contribution in [3.05, 3.63) is 22.4 Å². The van der Waals surface area contributed by atoms with Crippen molar-refractivity contribution in [3.63, 3.8) is 0 Å². The molecule has 0 saturated carbocycles. The Morgan fingerprint density at radius 3 is 2.77 bits per heavy atom. The van der Waals surface area contributed by atoms with E-state index < -0.39 is 5.41 Å². The number of rotatable bonds is 1. The smallest absolute Gasteiger partial charge is 0.238 e. The van der Waals surface area contributed by atoms with E-state index in [1.54, 1.807) is 6.92 Å². The van der Waals surface area contributed by atoms with Crippen LogP contribution in [-0.4, -0.2) is 11.8 Å². The summed E-state index contributed by atoms with van der Waals surface area (Å²) < 4.78 is 0. The Bertz CT molecular complexity index is 358. The first-order valence-electron chi connectivity index (χ1n) is 4.01. The molecule has 2 heterocycles. The van der Waals surface area contributed by atoms with E-state index in [1.807, 2.05) is 17.5 Å². The lowest BCUT2D eigenvalue weighted by atomic mass is 9.87. The number of amides is 2. The molecular weight excluding hydrogens is 186 g/mol. The second kappa shape index (κ2) is 2.67. The molecule has 1 fully saturated rings. The van der Waals surface area contributed by atoms with Crippen LogP contribution in [0.1, 0.15) is 18.2 Å². The molecule has 3 nitrogen and oxygen atoms in total. The molecule has 1 aromatic heterocycles. The second-order valence-electron chi connectivity index (χ2n) is 3.36. The first kappa shape index (κ1) is 8.44. The van der Waals surface area contributed by atoms with Crippen molar-refractivity contribution in [1.29, 1.82) is 0 Å². The average molecular weight is 195 g/mol. The van der Waals surface area contributed by atoms with Gasteiger partial charge in [0.05, 0.1) is 5.41 Å². The molecular formula is C9H9NO2S. The fraction of sp³-hybridized carbons (Fsp3) is 0.333. The first-order chi connectivity index (χ1) is 6.13. The van der Waals surface area contributed by atoms with Gasteiger partial charge in [0.2, 0.25) is 11.8 Å². The molecule has 2 rings (SSSR count). The van der Waals surface area contributed by atoms with Gasteiger partial charge in [0.15, 0.2) is 0 Å². The highest BCUT2D eigenvalue weighted by atomic mass is 32.1. The zero-order chi connectivity index (χ0) is 9.47. The van der Waals surface area contributed by atoms with Gasteiger partial charge in [0, 0.05) is 11.3 Å². The van der Waals surface area contributed by atoms with E-state index in [1.165, 1.54) is 11.3 Å². The van der Waals surface area contributed by atoms with Gasteiger partial charge in [0.25, 0.3) is 0 Å². The molecule has 1 atom stereocenters. The largest absolute Gasteiger partial charge is 0.296 e. The van der Waals surface area contributed by atoms with Crippen LogP contribution in [0.5, 0.6) is 0 Å². The molecule has 1 aromatic rings. The van der Waals surface area contributed by atoms with Gasteiger partial charge in [-0.05, 0) is 18.4 Å². The third-order valence-electron chi connectivity index (χ3n) is 2.33. The molecule has 1 aliphatic rings. The van der Waals surface area contributed by atoms with E-state index in [2.05, 4.69) is 5.32 Å². The summed E-state index contributed by atoms with van der Waals surface area (Å²) in [5.74, 6) is -0.360. The van der Waals surface area contributed by atoms with E-state index in [-0.39, 0.29) is 18.2 Å². The third-order valence-corrected chi connectivity index (χ3v) is 3.47. The molecule has 0 bridgehead atoms. The number of thiophene rings is 1. The molecule has 4 heteroatoms. The van der Waals surface area contributed by atoms with E-state index in [9.17, 15) is 9.59 Å². The quantitative estimate of drug-likeness (QED) is 0.681. The Labute approximate surface area is 79.8 Å². The molecule has 68 valence electrons. The lowest BCUT2D eigenvalue weighted by Gasteiger charge is -2.16. The van der Waals surface area contributed by atoms with E-state index in [0.717, 1.165) is 4.88 Å². The van der Waals surface area contributed by atoms with Gasteiger partial charge in [0.1, 0.15) is 0 Å². The zero-order valence-electron chi connectivity index (χ0n) is 7.16. The monoisotopic (exact) mass is 195 g/mol. The number of imide groups is 1. The van der Waals surface area contributed by atoms with Crippen LogP contribution in [0.4, 0.5) is 0 Å². The van der Waals surface area contributed by atoms with Gasteiger partial charge >= 0.3 is 0 Å². The average Bonchev–Trinajstić information content (AvgIpc) is 2.61. The summed E-state index contributed by atoms with van der Waals surface area (Å²) in [6.45, 7) is 1.80. The van der Waals surface area contributed by atoms with Gasteiger partial charge in [-0.15, -0.1) is 11.3 Å². The molecule has 13 heavy (non-hydrogen) atoms. The number of hydrogen-bond acceptors (Lipinski definition) is 3. The third kappa shape index (κ3) is 1.18. The van der Waals surface area contributed by atoms with Crippen LogP contribution in [0.2, 0.25) is 0 Å². The minimum absolute atomic E-state index is 0.180. The summed E-state index contributed by atoms with van der Waals surface area (Å²) in [5.41, 5.74) is -0.634. The van der Waals surface area contributed by atoms with Gasteiger partial charge in [-0.2, -0.15) is 0 Å². The maximum atomic E-state index is 11.5. The summed E-state index contributed by atoms with van der Waals surface area (Å²) in [4.78, 5) is 23.5. The Kier molecular flexibility index (Phi) is 1.73. The normalized spacial score (nSPS) is 27.8. The molecule has 0 aromatic carbocycles. The fourth-order valence-corrected chi connectivity index (χ4v) is 2.39. The van der Waals surface area contributed by atoms with Crippen molar-refractivity contribution in [1.82, 2.24) is 5.32 Å². The van der Waals surface area contributed by atoms with Crippen LogP contribution in [0.25, 0.3) is 0 Å². The number of nitrogens with one attached hydrogen (secondary N) is 1. The predicted octanol–water partition coefficient (Wildman–Crippen LogP) is 1.05. The summed E-state index contributed by atoms with van der Waals surface area (Å²) >= 11 is 1.51. The van der Waals surface area contributed by atoms with Gasteiger partial charge < -0.3 is 0 Å². The van der Waals surface area contributed by atoms with Crippen molar-refractivity contribution < 1.29 is 9.59 Å². The van der Waals surface area contributed by atoms with Crippen LogP contribution in [-0.2, 0) is 15.0 Å². The number of hydrogen-bond donors (Lipinski definition) is 1. The molecule has 1 aliphatic heterocycles. The van der Waals surface area contributed by atoms with Crippen LogP contribution in [0.3, 0.4) is 0 Å². The van der Waals surface area contributed by atoms with Crippen LogP contribution < -0.4 is 5.32 Å². The highest BCUT2D eigenvalue weighted by Gasteiger charge is 2.44. The molecule has 0 aliphatic carbocycles. The minimum Gasteiger partial charge on any atom is -0.296 e. The van der Waals surface area contributed by atoms with Crippen LogP contribution >= 0.6 is 11.3 Å². The SMILES string of the molecule is CC1(c2cccs2)CC(=O)NC1=O. The summed E-state index contributed by atoms with van der Waals surface area (Å²) in [7, 11) is 0. The van der Waals surface area contributed by atoms with Crippen molar-refractivity contribution in [2.45, 2.75) is 18.8 Å². The summed E-state index contributed by atoms with van der Waals surface area (Å²) in [5, 5.41) is 4.24. The van der Waals surface area contributed by atoms with Crippen LogP contribution in [0, 0.1) is 0 Å². The van der Waals surface area contributed by atoms with Gasteiger partial charge in [-0.25, -0.2) is 0 Å². The van der Waals surface area contributed by atoms with E-state index in [4.69, 9.17) is 0 Å². The molecule has 2 amide bonds. The van der Waals surface area contributed by atoms with Crippen molar-refractivity contribution in [2.24, 2.45) is 0 Å². The summed E-state index contributed by atoms with van der Waals surface area (Å²) in [6, 6.07) is 3.78. The van der Waals surface area contributed by atoms with Gasteiger partial charge in [-0.1, -0.05) is 6.07 Å². The highest BCUT2D eigenvalue weighted by molar-refractivity contribution is 7.10. The molecule has 1 saturated heterocycles. The standard InChI is InChI=1S/C9H9NO2S/c1-9(6-3-2-4-13-6)5-7(11)10-8(9)12/h2-4H,5H2,1H3,(H,10,11,12). The highest BCUT2D eigenvalue weighted by Crippen LogP contribution is 2.34. The maximum absolute atomic E-state index is 11.5. The van der Waals surface area contributed by atoms with Crippen molar-refractivity contribution >= 4 is 23.2 Å². The Hall–Kier alpha value is -1.16. The minimum atomic E-state index is -0.634. The number of carbonyl (C=O) groups is 2. The molecule has 0 spiro atoms. The fourth-order valence-electron chi connectivity index (χ4n) is 1.50. The molecule has 0 radical (unpaired) electrons. The lowest BCUT2D eigenvalue weighted by molar-refractivity contribution is -0.126. The topological polar surface area (TPSA) is 46.2 Å². The number of carbonyl (C=O) groups excluding carboxylic acids is 2. The second-order valence-corrected chi connectivity index (χ2v) is 4.31. The Morgan fingerprint density at radius 2 is 2.31 bits per heavy atom. The first-order valence-corrected chi connectivity index (χ1v) is 4.89. The summed E-state index contributed by atoms with van der Waals surface area (Å²) in [6.07, 6.45) is 0.270. The van der Waals surface area contributed by atoms with Crippen molar-refractivity contribution in [2.75, 3.05) is 0 Å². The van der Waals surface area contributed by atoms with E-state index in [0.29, 0.717) is 0 Å². The molecule has 1 unspecified atom stereocenters.